The number of aliphatic hydroxyl groups excluding tert-OH is 2. The molecule has 0 aromatic heterocycles. The van der Waals surface area contributed by atoms with Crippen LogP contribution in [0.5, 0.6) is 0 Å². The summed E-state index contributed by atoms with van der Waals surface area (Å²) >= 11 is 0. The van der Waals surface area contributed by atoms with E-state index in [0.717, 1.165) is 19.3 Å². The van der Waals surface area contributed by atoms with Crippen LogP contribution in [-0.4, -0.2) is 22.4 Å². The zero-order chi connectivity index (χ0) is 31.5. The van der Waals surface area contributed by atoms with Crippen molar-refractivity contribution < 1.29 is 10.2 Å². The van der Waals surface area contributed by atoms with E-state index in [1.807, 2.05) is 6.08 Å². The molecule has 0 bridgehead atoms. The molecule has 0 saturated carbocycles. The van der Waals surface area contributed by atoms with E-state index in [-0.39, 0.29) is 23.0 Å². The first-order valence-corrected chi connectivity index (χ1v) is 15.4. The minimum atomic E-state index is -0.331. The van der Waals surface area contributed by atoms with E-state index in [9.17, 15) is 10.2 Å². The average molecular weight is 569 g/mol. The Kier molecular flexibility index (Phi) is 13.5. The minimum Gasteiger partial charge on any atom is -0.393 e. The maximum Gasteiger partial charge on any atom is 0.0729 e. The Balaban J connectivity index is 1.90. The predicted octanol–water partition coefficient (Wildman–Crippen LogP) is 10.4. The lowest BCUT2D eigenvalue weighted by Gasteiger charge is -2.38. The quantitative estimate of drug-likeness (QED) is 0.203. The molecule has 2 aliphatic rings. The Labute approximate surface area is 257 Å². The average Bonchev–Trinajstić information content (AvgIpc) is 2.84. The van der Waals surface area contributed by atoms with Crippen molar-refractivity contribution in [1.29, 1.82) is 0 Å². The first kappa shape index (κ1) is 35.3. The molecule has 0 aromatic carbocycles. The molecule has 2 rings (SSSR count). The van der Waals surface area contributed by atoms with Crippen LogP contribution >= 0.6 is 0 Å². The van der Waals surface area contributed by atoms with Gasteiger partial charge in [-0.25, -0.2) is 0 Å². The van der Waals surface area contributed by atoms with Gasteiger partial charge in [-0.05, 0) is 77.2 Å². The number of aliphatic hydroxyl groups is 2. The van der Waals surface area contributed by atoms with Crippen molar-refractivity contribution in [3.63, 3.8) is 0 Å². The van der Waals surface area contributed by atoms with Crippen LogP contribution in [0.1, 0.15) is 88.5 Å². The van der Waals surface area contributed by atoms with Crippen LogP contribution < -0.4 is 0 Å². The normalized spacial score (nSPS) is 26.6. The van der Waals surface area contributed by atoms with Gasteiger partial charge in [0, 0.05) is 5.92 Å². The number of hydrogen-bond donors (Lipinski definition) is 2. The van der Waals surface area contributed by atoms with E-state index < -0.39 is 0 Å². The molecule has 0 unspecified atom stereocenters. The maximum atomic E-state index is 10.1. The van der Waals surface area contributed by atoms with Gasteiger partial charge in [0.1, 0.15) is 0 Å². The predicted molar refractivity (Wildman–Crippen MR) is 184 cm³/mol. The number of hydrogen-bond acceptors (Lipinski definition) is 2. The lowest BCUT2D eigenvalue weighted by atomic mass is 9.67. The summed E-state index contributed by atoms with van der Waals surface area (Å²) in [6.07, 6.45) is 33.8. The van der Waals surface area contributed by atoms with Crippen LogP contribution in [0.15, 0.2) is 130 Å². The third-order valence-electron chi connectivity index (χ3n) is 8.33. The molecule has 0 spiro atoms. The van der Waals surface area contributed by atoms with Gasteiger partial charge >= 0.3 is 0 Å². The fraction of sp³-hybridized carbons (Fsp3) is 0.450. The molecule has 2 aliphatic carbocycles. The molecule has 3 atom stereocenters. The summed E-state index contributed by atoms with van der Waals surface area (Å²) in [6.45, 7) is 21.6. The Hall–Kier alpha value is -2.94. The molecule has 0 fully saturated rings. The van der Waals surface area contributed by atoms with E-state index in [1.165, 1.54) is 39.0 Å². The van der Waals surface area contributed by atoms with Gasteiger partial charge < -0.3 is 10.2 Å². The van der Waals surface area contributed by atoms with E-state index in [0.29, 0.717) is 5.92 Å². The molecule has 2 nitrogen and oxygen atoms in total. The standard InChI is InChI=1S/C40H56O2/c1-29(17-13-19-31(3)21-23-37-33(5)25-35(41)27-39(37,7)8)15-11-12-16-30(2)18-14-20-32(4)22-24-38-34(6)26-36(42)28-40(38,9)10/h11-25,35-37,41-42H,26-28H2,1-10H3/b12-11-,17-13+,18-14+,23-21+,24-22+,29-15-,30-16-,31-19+,32-20-/t35-,36+,37-/m0/s1. The fourth-order valence-corrected chi connectivity index (χ4v) is 6.14. The zero-order valence-electron chi connectivity index (χ0n) is 27.9. The molecule has 0 aromatic rings. The van der Waals surface area contributed by atoms with E-state index in [2.05, 4.69) is 154 Å². The Bertz CT molecular complexity index is 1270. The second-order valence-electron chi connectivity index (χ2n) is 13.7. The summed E-state index contributed by atoms with van der Waals surface area (Å²) in [5, 5.41) is 20.2. The van der Waals surface area contributed by atoms with Crippen LogP contribution in [0.2, 0.25) is 0 Å². The van der Waals surface area contributed by atoms with Crippen molar-refractivity contribution in [2.75, 3.05) is 0 Å². The summed E-state index contributed by atoms with van der Waals surface area (Å²) in [5.41, 5.74) is 8.73. The minimum absolute atomic E-state index is 0.00528. The first-order chi connectivity index (χ1) is 19.6. The summed E-state index contributed by atoms with van der Waals surface area (Å²) < 4.78 is 0. The van der Waals surface area contributed by atoms with Gasteiger partial charge in [0.15, 0.2) is 0 Å². The molecule has 0 radical (unpaired) electrons. The van der Waals surface area contributed by atoms with Crippen molar-refractivity contribution in [2.24, 2.45) is 16.7 Å². The highest BCUT2D eigenvalue weighted by molar-refractivity contribution is 5.38. The third kappa shape index (κ3) is 11.7. The van der Waals surface area contributed by atoms with Gasteiger partial charge in [-0.3, -0.25) is 0 Å². The fourth-order valence-electron chi connectivity index (χ4n) is 6.14. The van der Waals surface area contributed by atoms with Crippen LogP contribution in [0.4, 0.5) is 0 Å². The lowest BCUT2D eigenvalue weighted by molar-refractivity contribution is 0.116. The largest absolute Gasteiger partial charge is 0.393 e. The first-order valence-electron chi connectivity index (χ1n) is 15.4. The second kappa shape index (κ2) is 16.1. The van der Waals surface area contributed by atoms with Crippen LogP contribution in [0, 0.1) is 16.7 Å². The van der Waals surface area contributed by atoms with Crippen LogP contribution in [-0.2, 0) is 0 Å². The molecule has 42 heavy (non-hydrogen) atoms. The SMILES string of the molecule is CC1=C[C@H](O)CC(C)(C)[C@H]1/C=C/C(C)=C/C=C/C(C)=C\C=C/C=C(C)\C=C\C=C(C)/C=C/C1=C(C)C[C@@H](O)CC1(C)C. The van der Waals surface area contributed by atoms with Crippen LogP contribution in [0.25, 0.3) is 0 Å². The number of rotatable bonds is 10. The highest BCUT2D eigenvalue weighted by Gasteiger charge is 2.34. The monoisotopic (exact) mass is 568 g/mol. The summed E-state index contributed by atoms with van der Waals surface area (Å²) in [5.74, 6) is 0.348. The molecular weight excluding hydrogens is 512 g/mol. The summed E-state index contributed by atoms with van der Waals surface area (Å²) in [7, 11) is 0. The van der Waals surface area contributed by atoms with Crippen molar-refractivity contribution >= 4 is 0 Å². The van der Waals surface area contributed by atoms with Crippen molar-refractivity contribution in [3.8, 4) is 0 Å². The Morgan fingerprint density at radius 3 is 1.74 bits per heavy atom. The highest BCUT2D eigenvalue weighted by Crippen LogP contribution is 2.42. The van der Waals surface area contributed by atoms with Gasteiger partial charge in [0.05, 0.1) is 12.2 Å². The van der Waals surface area contributed by atoms with Gasteiger partial charge in [-0.1, -0.05) is 152 Å². The Morgan fingerprint density at radius 1 is 0.714 bits per heavy atom. The van der Waals surface area contributed by atoms with Gasteiger partial charge in [0.2, 0.25) is 0 Å². The van der Waals surface area contributed by atoms with Gasteiger partial charge in [-0.2, -0.15) is 0 Å². The molecule has 2 N–H and O–H groups in total. The molecular formula is C40H56O2. The van der Waals surface area contributed by atoms with E-state index in [1.54, 1.807) is 0 Å². The third-order valence-corrected chi connectivity index (χ3v) is 8.33. The lowest BCUT2D eigenvalue weighted by Crippen LogP contribution is -2.32. The molecule has 2 heteroatoms. The van der Waals surface area contributed by atoms with Crippen molar-refractivity contribution in [1.82, 2.24) is 0 Å². The van der Waals surface area contributed by atoms with E-state index in [4.69, 9.17) is 0 Å². The summed E-state index contributed by atoms with van der Waals surface area (Å²) in [4.78, 5) is 0. The topological polar surface area (TPSA) is 40.5 Å². The van der Waals surface area contributed by atoms with E-state index >= 15 is 0 Å². The van der Waals surface area contributed by atoms with Crippen LogP contribution in [0.3, 0.4) is 0 Å². The summed E-state index contributed by atoms with van der Waals surface area (Å²) in [6, 6.07) is 0. The maximum absolute atomic E-state index is 10.1. The Morgan fingerprint density at radius 2 is 1.21 bits per heavy atom. The van der Waals surface area contributed by atoms with Crippen molar-refractivity contribution in [3.05, 3.63) is 130 Å². The van der Waals surface area contributed by atoms with Crippen molar-refractivity contribution in [2.45, 2.75) is 101 Å². The molecule has 0 amide bonds. The molecule has 228 valence electrons. The van der Waals surface area contributed by atoms with Gasteiger partial charge in [-0.15, -0.1) is 0 Å². The number of allylic oxidation sites excluding steroid dienone is 20. The second-order valence-corrected chi connectivity index (χ2v) is 13.7. The van der Waals surface area contributed by atoms with Gasteiger partial charge in [0.25, 0.3) is 0 Å². The smallest absolute Gasteiger partial charge is 0.0729 e. The highest BCUT2D eigenvalue weighted by atomic mass is 16.3. The zero-order valence-corrected chi connectivity index (χ0v) is 27.9. The molecule has 0 heterocycles. The molecule has 0 saturated heterocycles. The molecule has 0 aliphatic heterocycles.